The maximum atomic E-state index is 12.4. The summed E-state index contributed by atoms with van der Waals surface area (Å²) in [5.41, 5.74) is 2.24. The third-order valence-corrected chi connectivity index (χ3v) is 5.24. The molecule has 0 amide bonds. The highest BCUT2D eigenvalue weighted by Crippen LogP contribution is 2.28. The molecule has 2 aromatic rings. The van der Waals surface area contributed by atoms with Crippen LogP contribution in [-0.4, -0.2) is 26.8 Å². The lowest BCUT2D eigenvalue weighted by molar-refractivity contribution is 0.521. The Labute approximate surface area is 130 Å². The van der Waals surface area contributed by atoms with Crippen LogP contribution in [-0.2, 0) is 15.9 Å². The molecule has 1 N–H and O–H groups in total. The number of sulfonamides is 1. The van der Waals surface area contributed by atoms with Crippen molar-refractivity contribution in [3.05, 3.63) is 54.1 Å². The number of hydrogen-bond acceptors (Lipinski definition) is 3. The first kappa shape index (κ1) is 15.8. The fourth-order valence-corrected chi connectivity index (χ4v) is 3.17. The fourth-order valence-electron chi connectivity index (χ4n) is 1.90. The van der Waals surface area contributed by atoms with Gasteiger partial charge in [-0.2, -0.15) is 0 Å². The van der Waals surface area contributed by atoms with Crippen LogP contribution in [0.3, 0.4) is 0 Å². The molecule has 0 aliphatic rings. The molecule has 0 atom stereocenters. The van der Waals surface area contributed by atoms with Gasteiger partial charge in [0.2, 0.25) is 10.0 Å². The molecule has 0 aliphatic heterocycles. The van der Waals surface area contributed by atoms with Gasteiger partial charge in [0.05, 0.1) is 5.69 Å². The zero-order valence-corrected chi connectivity index (χ0v) is 13.4. The van der Waals surface area contributed by atoms with E-state index in [2.05, 4.69) is 5.32 Å². The summed E-state index contributed by atoms with van der Waals surface area (Å²) in [5, 5.41) is 3.16. The van der Waals surface area contributed by atoms with Crippen LogP contribution in [0.2, 0.25) is 0 Å². The summed E-state index contributed by atoms with van der Waals surface area (Å²) in [7, 11) is -0.484. The van der Waals surface area contributed by atoms with Gasteiger partial charge in [-0.1, -0.05) is 30.3 Å². The fraction of sp³-hybridized carbons (Fsp3) is 0.200. The number of benzene rings is 2. The van der Waals surface area contributed by atoms with E-state index in [1.165, 1.54) is 18.4 Å². The van der Waals surface area contributed by atoms with E-state index < -0.39 is 10.0 Å². The van der Waals surface area contributed by atoms with E-state index in [1.54, 1.807) is 24.3 Å². The van der Waals surface area contributed by atoms with Crippen molar-refractivity contribution in [2.75, 3.05) is 19.4 Å². The van der Waals surface area contributed by atoms with E-state index >= 15 is 0 Å². The summed E-state index contributed by atoms with van der Waals surface area (Å²) in [4.78, 5) is 0.236. The SMILES string of the molecule is CN(C)S(=O)(=O)c1ccccc1Nc1ccccc1CCl. The summed E-state index contributed by atoms with van der Waals surface area (Å²) < 4.78 is 25.9. The van der Waals surface area contributed by atoms with Crippen LogP contribution in [0.1, 0.15) is 5.56 Å². The molecule has 0 saturated heterocycles. The van der Waals surface area contributed by atoms with E-state index in [0.29, 0.717) is 11.6 Å². The molecule has 0 aliphatic carbocycles. The monoisotopic (exact) mass is 324 g/mol. The molecular weight excluding hydrogens is 308 g/mol. The number of nitrogens with one attached hydrogen (secondary N) is 1. The zero-order valence-electron chi connectivity index (χ0n) is 11.9. The molecule has 0 saturated carbocycles. The highest BCUT2D eigenvalue weighted by Gasteiger charge is 2.21. The van der Waals surface area contributed by atoms with Gasteiger partial charge >= 0.3 is 0 Å². The van der Waals surface area contributed by atoms with E-state index in [-0.39, 0.29) is 4.90 Å². The number of alkyl halides is 1. The summed E-state index contributed by atoms with van der Waals surface area (Å²) in [6.45, 7) is 0. The smallest absolute Gasteiger partial charge is 0.244 e. The molecular formula is C15H17ClN2O2S. The lowest BCUT2D eigenvalue weighted by Crippen LogP contribution is -2.23. The van der Waals surface area contributed by atoms with Gasteiger partial charge in [-0.15, -0.1) is 11.6 Å². The topological polar surface area (TPSA) is 49.4 Å². The van der Waals surface area contributed by atoms with Crippen molar-refractivity contribution < 1.29 is 8.42 Å². The second-order valence-corrected chi connectivity index (χ2v) is 7.09. The largest absolute Gasteiger partial charge is 0.354 e. The van der Waals surface area contributed by atoms with Crippen LogP contribution in [0.25, 0.3) is 0 Å². The molecule has 0 fully saturated rings. The maximum absolute atomic E-state index is 12.4. The second-order valence-electron chi connectivity index (χ2n) is 4.70. The Balaban J connectivity index is 2.47. The average Bonchev–Trinajstić information content (AvgIpc) is 2.48. The molecule has 112 valence electrons. The predicted octanol–water partition coefficient (Wildman–Crippen LogP) is 3.42. The predicted molar refractivity (Wildman–Crippen MR) is 86.6 cm³/mol. The summed E-state index contributed by atoms with van der Waals surface area (Å²) in [6, 6.07) is 14.4. The Morgan fingerprint density at radius 2 is 1.57 bits per heavy atom. The number of hydrogen-bond donors (Lipinski definition) is 1. The number of para-hydroxylation sites is 2. The van der Waals surface area contributed by atoms with Crippen LogP contribution in [0.5, 0.6) is 0 Å². The van der Waals surface area contributed by atoms with Gasteiger partial charge < -0.3 is 5.32 Å². The van der Waals surface area contributed by atoms with Gasteiger partial charge in [0.1, 0.15) is 4.90 Å². The minimum atomic E-state index is -3.51. The van der Waals surface area contributed by atoms with Crippen LogP contribution in [0, 0.1) is 0 Å². The summed E-state index contributed by atoms with van der Waals surface area (Å²) in [5.74, 6) is 0.353. The molecule has 2 aromatic carbocycles. The van der Waals surface area contributed by atoms with E-state index in [1.807, 2.05) is 24.3 Å². The van der Waals surface area contributed by atoms with Gasteiger partial charge in [-0.05, 0) is 23.8 Å². The molecule has 2 rings (SSSR count). The molecule has 6 heteroatoms. The second kappa shape index (κ2) is 6.47. The molecule has 0 unspecified atom stereocenters. The number of halogens is 1. The van der Waals surface area contributed by atoms with Crippen molar-refractivity contribution in [3.63, 3.8) is 0 Å². The normalized spacial score (nSPS) is 11.6. The zero-order chi connectivity index (χ0) is 15.5. The van der Waals surface area contributed by atoms with Gasteiger partial charge in [0, 0.05) is 25.7 Å². The van der Waals surface area contributed by atoms with Crippen molar-refractivity contribution >= 4 is 33.0 Å². The lowest BCUT2D eigenvalue weighted by atomic mass is 10.2. The third-order valence-electron chi connectivity index (χ3n) is 3.08. The highest BCUT2D eigenvalue weighted by molar-refractivity contribution is 7.89. The standard InChI is InChI=1S/C15H17ClN2O2S/c1-18(2)21(19,20)15-10-6-5-9-14(15)17-13-8-4-3-7-12(13)11-16/h3-10,17H,11H2,1-2H3. The van der Waals surface area contributed by atoms with E-state index in [4.69, 9.17) is 11.6 Å². The van der Waals surface area contributed by atoms with Crippen molar-refractivity contribution in [3.8, 4) is 0 Å². The summed E-state index contributed by atoms with van der Waals surface area (Å²) in [6.07, 6.45) is 0. The lowest BCUT2D eigenvalue weighted by Gasteiger charge is -2.17. The molecule has 0 spiro atoms. The van der Waals surface area contributed by atoms with Crippen LogP contribution >= 0.6 is 11.6 Å². The van der Waals surface area contributed by atoms with Crippen molar-refractivity contribution in [2.24, 2.45) is 0 Å². The van der Waals surface area contributed by atoms with Crippen LogP contribution in [0.4, 0.5) is 11.4 Å². The Morgan fingerprint density at radius 1 is 1.00 bits per heavy atom. The molecule has 21 heavy (non-hydrogen) atoms. The van der Waals surface area contributed by atoms with E-state index in [0.717, 1.165) is 11.3 Å². The van der Waals surface area contributed by atoms with Crippen LogP contribution in [0.15, 0.2) is 53.4 Å². The van der Waals surface area contributed by atoms with E-state index in [9.17, 15) is 8.42 Å². The Hall–Kier alpha value is -1.56. The minimum absolute atomic E-state index is 0.236. The first-order valence-corrected chi connectivity index (χ1v) is 8.36. The molecule has 4 nitrogen and oxygen atoms in total. The molecule has 0 heterocycles. The van der Waals surface area contributed by atoms with Gasteiger partial charge in [-0.25, -0.2) is 12.7 Å². The van der Waals surface area contributed by atoms with Gasteiger partial charge in [-0.3, -0.25) is 0 Å². The van der Waals surface area contributed by atoms with Gasteiger partial charge in [0.25, 0.3) is 0 Å². The van der Waals surface area contributed by atoms with Crippen molar-refractivity contribution in [1.82, 2.24) is 4.31 Å². The number of nitrogens with zero attached hydrogens (tertiary/aromatic N) is 1. The van der Waals surface area contributed by atoms with Gasteiger partial charge in [0.15, 0.2) is 0 Å². The number of anilines is 2. The van der Waals surface area contributed by atoms with Crippen molar-refractivity contribution in [2.45, 2.75) is 10.8 Å². The Morgan fingerprint density at radius 3 is 2.19 bits per heavy atom. The quantitative estimate of drug-likeness (QED) is 0.857. The van der Waals surface area contributed by atoms with Crippen LogP contribution < -0.4 is 5.32 Å². The molecule has 0 bridgehead atoms. The van der Waals surface area contributed by atoms with Crippen molar-refractivity contribution in [1.29, 1.82) is 0 Å². The average molecular weight is 325 g/mol. The molecule has 0 aromatic heterocycles. The first-order valence-electron chi connectivity index (χ1n) is 6.39. The Kier molecular flexibility index (Phi) is 4.88. The summed E-state index contributed by atoms with van der Waals surface area (Å²) >= 11 is 5.91. The minimum Gasteiger partial charge on any atom is -0.354 e. The number of rotatable bonds is 5. The maximum Gasteiger partial charge on any atom is 0.244 e. The first-order chi connectivity index (χ1) is 9.96. The molecule has 0 radical (unpaired) electrons. The Bertz CT molecular complexity index is 730. The highest BCUT2D eigenvalue weighted by atomic mass is 35.5. The third kappa shape index (κ3) is 3.37.